The molecule has 1 saturated heterocycles. The van der Waals surface area contributed by atoms with Gasteiger partial charge in [0.25, 0.3) is 5.91 Å². The van der Waals surface area contributed by atoms with E-state index < -0.39 is 11.5 Å². The Kier molecular flexibility index (Phi) is 4.09. The summed E-state index contributed by atoms with van der Waals surface area (Å²) in [6.07, 6.45) is 3.82. The SMILES string of the molecule is CCn1cc(Cl)cc1C(=O)N1CCCCC1(C)C(=O)O. The van der Waals surface area contributed by atoms with E-state index in [0.29, 0.717) is 30.2 Å². The second kappa shape index (κ2) is 5.48. The van der Waals surface area contributed by atoms with Crippen LogP contribution in [0.25, 0.3) is 0 Å². The highest BCUT2D eigenvalue weighted by molar-refractivity contribution is 6.31. The van der Waals surface area contributed by atoms with Gasteiger partial charge < -0.3 is 14.6 Å². The Labute approximate surface area is 123 Å². The van der Waals surface area contributed by atoms with Crippen LogP contribution in [-0.2, 0) is 11.3 Å². The monoisotopic (exact) mass is 298 g/mol. The maximum atomic E-state index is 12.7. The van der Waals surface area contributed by atoms with Crippen molar-refractivity contribution < 1.29 is 14.7 Å². The molecule has 0 aromatic carbocycles. The van der Waals surface area contributed by atoms with Crippen LogP contribution >= 0.6 is 11.6 Å². The summed E-state index contributed by atoms with van der Waals surface area (Å²) < 4.78 is 1.75. The minimum atomic E-state index is -1.13. The van der Waals surface area contributed by atoms with Gasteiger partial charge in [0.2, 0.25) is 0 Å². The highest BCUT2D eigenvalue weighted by Crippen LogP contribution is 2.30. The molecule has 2 heterocycles. The zero-order chi connectivity index (χ0) is 14.9. The summed E-state index contributed by atoms with van der Waals surface area (Å²) in [6.45, 7) is 4.62. The molecule has 1 aromatic heterocycles. The van der Waals surface area contributed by atoms with Crippen molar-refractivity contribution in [2.45, 2.75) is 45.2 Å². The first-order chi connectivity index (χ1) is 9.40. The number of carbonyl (C=O) groups excluding carboxylic acids is 1. The lowest BCUT2D eigenvalue weighted by molar-refractivity contribution is -0.150. The molecule has 0 saturated carbocycles. The smallest absolute Gasteiger partial charge is 0.329 e. The number of hydrogen-bond acceptors (Lipinski definition) is 2. The molecule has 1 aromatic rings. The molecule has 1 N–H and O–H groups in total. The first-order valence-corrected chi connectivity index (χ1v) is 7.19. The van der Waals surface area contributed by atoms with Crippen molar-refractivity contribution in [3.63, 3.8) is 0 Å². The number of carboxylic acids is 1. The van der Waals surface area contributed by atoms with Gasteiger partial charge in [-0.05, 0) is 39.2 Å². The molecular weight excluding hydrogens is 280 g/mol. The highest BCUT2D eigenvalue weighted by atomic mass is 35.5. The van der Waals surface area contributed by atoms with Crippen LogP contribution in [0.1, 0.15) is 43.6 Å². The first kappa shape index (κ1) is 14.9. The number of nitrogens with zero attached hydrogens (tertiary/aromatic N) is 2. The molecule has 1 aliphatic heterocycles. The Bertz CT molecular complexity index is 541. The van der Waals surface area contributed by atoms with Crippen LogP contribution in [0, 0.1) is 0 Å². The number of carboxylic acid groups (broad SMARTS) is 1. The van der Waals surface area contributed by atoms with Gasteiger partial charge in [-0.1, -0.05) is 11.6 Å². The van der Waals surface area contributed by atoms with Crippen molar-refractivity contribution in [2.24, 2.45) is 0 Å². The van der Waals surface area contributed by atoms with E-state index in [1.807, 2.05) is 6.92 Å². The molecular formula is C14H19ClN2O3. The van der Waals surface area contributed by atoms with Gasteiger partial charge in [0, 0.05) is 19.3 Å². The molecule has 1 atom stereocenters. The molecule has 1 fully saturated rings. The molecule has 6 heteroatoms. The summed E-state index contributed by atoms with van der Waals surface area (Å²) in [5.74, 6) is -1.21. The molecule has 110 valence electrons. The quantitative estimate of drug-likeness (QED) is 0.933. The fourth-order valence-corrected chi connectivity index (χ4v) is 2.94. The van der Waals surface area contributed by atoms with Crippen LogP contribution < -0.4 is 0 Å². The van der Waals surface area contributed by atoms with Crippen LogP contribution in [-0.4, -0.2) is 38.5 Å². The molecule has 0 spiro atoms. The third-order valence-corrected chi connectivity index (χ3v) is 4.23. The number of likely N-dealkylation sites (tertiary alicyclic amines) is 1. The standard InChI is InChI=1S/C14H19ClN2O3/c1-3-16-9-10(15)8-11(16)12(18)17-7-5-4-6-14(17,2)13(19)20/h8-9H,3-7H2,1-2H3,(H,19,20). The van der Waals surface area contributed by atoms with Crippen molar-refractivity contribution >= 4 is 23.5 Å². The predicted octanol–water partition coefficient (Wildman–Crippen LogP) is 2.63. The normalized spacial score (nSPS) is 22.9. The maximum Gasteiger partial charge on any atom is 0.329 e. The number of halogens is 1. The lowest BCUT2D eigenvalue weighted by atomic mass is 9.88. The lowest BCUT2D eigenvalue weighted by Crippen LogP contribution is -2.57. The van der Waals surface area contributed by atoms with Gasteiger partial charge in [-0.2, -0.15) is 0 Å². The highest BCUT2D eigenvalue weighted by Gasteiger charge is 2.44. The molecule has 20 heavy (non-hydrogen) atoms. The number of rotatable bonds is 3. The van der Waals surface area contributed by atoms with Gasteiger partial charge in [0.15, 0.2) is 0 Å². The third kappa shape index (κ3) is 2.42. The minimum absolute atomic E-state index is 0.261. The summed E-state index contributed by atoms with van der Waals surface area (Å²) >= 11 is 5.95. The van der Waals surface area contributed by atoms with E-state index >= 15 is 0 Å². The Morgan fingerprint density at radius 3 is 2.75 bits per heavy atom. The lowest BCUT2D eigenvalue weighted by Gasteiger charge is -2.41. The molecule has 0 radical (unpaired) electrons. The molecule has 1 unspecified atom stereocenters. The molecule has 1 amide bonds. The number of hydrogen-bond donors (Lipinski definition) is 1. The van der Waals surface area contributed by atoms with Crippen LogP contribution in [0.2, 0.25) is 5.02 Å². The van der Waals surface area contributed by atoms with Crippen LogP contribution in [0.4, 0.5) is 0 Å². The molecule has 1 aliphatic rings. The molecule has 5 nitrogen and oxygen atoms in total. The van der Waals surface area contributed by atoms with Gasteiger partial charge in [-0.25, -0.2) is 4.79 Å². The van der Waals surface area contributed by atoms with Crippen molar-refractivity contribution in [2.75, 3.05) is 6.54 Å². The predicted molar refractivity (Wildman–Crippen MR) is 76.0 cm³/mol. The Hall–Kier alpha value is -1.49. The first-order valence-electron chi connectivity index (χ1n) is 6.81. The van der Waals surface area contributed by atoms with E-state index in [1.165, 1.54) is 4.90 Å². The maximum absolute atomic E-state index is 12.7. The summed E-state index contributed by atoms with van der Waals surface area (Å²) in [6, 6.07) is 1.60. The zero-order valence-electron chi connectivity index (χ0n) is 11.7. The van der Waals surface area contributed by atoms with Gasteiger partial charge in [-0.3, -0.25) is 4.79 Å². The number of amides is 1. The van der Waals surface area contributed by atoms with Crippen molar-refractivity contribution in [3.8, 4) is 0 Å². The Balaban J connectivity index is 2.37. The number of aromatic nitrogens is 1. The van der Waals surface area contributed by atoms with E-state index in [2.05, 4.69) is 0 Å². The fraction of sp³-hybridized carbons (Fsp3) is 0.571. The number of aryl methyl sites for hydroxylation is 1. The van der Waals surface area contributed by atoms with E-state index in [4.69, 9.17) is 11.6 Å². The summed E-state index contributed by atoms with van der Waals surface area (Å²) in [4.78, 5) is 25.7. The van der Waals surface area contributed by atoms with E-state index in [9.17, 15) is 14.7 Å². The van der Waals surface area contributed by atoms with E-state index in [1.54, 1.807) is 23.8 Å². The van der Waals surface area contributed by atoms with Gasteiger partial charge in [0.05, 0.1) is 5.02 Å². The molecule has 0 aliphatic carbocycles. The van der Waals surface area contributed by atoms with Gasteiger partial charge in [-0.15, -0.1) is 0 Å². The topological polar surface area (TPSA) is 62.5 Å². The van der Waals surface area contributed by atoms with E-state index in [0.717, 1.165) is 12.8 Å². The van der Waals surface area contributed by atoms with E-state index in [-0.39, 0.29) is 5.91 Å². The average molecular weight is 299 g/mol. The van der Waals surface area contributed by atoms with Crippen LogP contribution in [0.3, 0.4) is 0 Å². The van der Waals surface area contributed by atoms with Gasteiger partial charge in [0.1, 0.15) is 11.2 Å². The Morgan fingerprint density at radius 1 is 1.45 bits per heavy atom. The van der Waals surface area contributed by atoms with Crippen molar-refractivity contribution in [3.05, 3.63) is 23.0 Å². The fourth-order valence-electron chi connectivity index (χ4n) is 2.72. The van der Waals surface area contributed by atoms with Gasteiger partial charge >= 0.3 is 5.97 Å². The number of aliphatic carboxylic acids is 1. The molecule has 2 rings (SSSR count). The second-order valence-electron chi connectivity index (χ2n) is 5.32. The van der Waals surface area contributed by atoms with Crippen molar-refractivity contribution in [1.29, 1.82) is 0 Å². The van der Waals surface area contributed by atoms with Crippen molar-refractivity contribution in [1.82, 2.24) is 9.47 Å². The number of carbonyl (C=O) groups is 2. The van der Waals surface area contributed by atoms with Crippen LogP contribution in [0.15, 0.2) is 12.3 Å². The minimum Gasteiger partial charge on any atom is -0.480 e. The second-order valence-corrected chi connectivity index (χ2v) is 5.76. The summed E-state index contributed by atoms with van der Waals surface area (Å²) in [5.41, 5.74) is -0.683. The summed E-state index contributed by atoms with van der Waals surface area (Å²) in [5, 5.41) is 9.96. The largest absolute Gasteiger partial charge is 0.480 e. The number of piperidine rings is 1. The average Bonchev–Trinajstić information content (AvgIpc) is 2.79. The third-order valence-electron chi connectivity index (χ3n) is 4.02. The zero-order valence-corrected chi connectivity index (χ0v) is 12.5. The Morgan fingerprint density at radius 2 is 2.15 bits per heavy atom. The molecule has 0 bridgehead atoms. The summed E-state index contributed by atoms with van der Waals surface area (Å²) in [7, 11) is 0. The van der Waals surface area contributed by atoms with Crippen LogP contribution in [0.5, 0.6) is 0 Å².